The average molecular weight is 413 g/mol. The van der Waals surface area contributed by atoms with Crippen molar-refractivity contribution in [3.63, 3.8) is 0 Å². The van der Waals surface area contributed by atoms with Crippen LogP contribution in [0.15, 0.2) is 54.6 Å². The fourth-order valence-electron chi connectivity index (χ4n) is 3.28. The standard InChI is InChI=1S/C23H25ClN2O3/c1-23(15-27-16-23)14-25-13-18-11-17-7-8-19(24)12-21(17)26-22(18)29-10-9-28-20-5-3-2-4-6-20/h2-8,11-12,25H,9-10,13-16H2,1H3. The van der Waals surface area contributed by atoms with Gasteiger partial charge in [-0.1, -0.05) is 42.8 Å². The first-order chi connectivity index (χ1) is 14.1. The molecule has 2 heterocycles. The van der Waals surface area contributed by atoms with Crippen molar-refractivity contribution >= 4 is 22.5 Å². The number of benzene rings is 2. The van der Waals surface area contributed by atoms with Crippen LogP contribution in [0.5, 0.6) is 11.6 Å². The second-order valence-electron chi connectivity index (χ2n) is 7.71. The fourth-order valence-corrected chi connectivity index (χ4v) is 3.45. The molecule has 6 heteroatoms. The van der Waals surface area contributed by atoms with Crippen LogP contribution in [0.1, 0.15) is 12.5 Å². The minimum Gasteiger partial charge on any atom is -0.490 e. The van der Waals surface area contributed by atoms with E-state index in [2.05, 4.69) is 18.3 Å². The van der Waals surface area contributed by atoms with Crippen LogP contribution in [0.2, 0.25) is 5.02 Å². The monoisotopic (exact) mass is 412 g/mol. The third-order valence-electron chi connectivity index (χ3n) is 4.92. The van der Waals surface area contributed by atoms with Crippen molar-refractivity contribution in [3.05, 3.63) is 65.2 Å². The molecular weight excluding hydrogens is 388 g/mol. The van der Waals surface area contributed by atoms with Gasteiger partial charge < -0.3 is 19.5 Å². The summed E-state index contributed by atoms with van der Waals surface area (Å²) in [6.45, 7) is 6.25. The van der Waals surface area contributed by atoms with Gasteiger partial charge in [-0.2, -0.15) is 0 Å². The molecule has 5 nitrogen and oxygen atoms in total. The molecule has 0 unspecified atom stereocenters. The third kappa shape index (κ3) is 5.18. The topological polar surface area (TPSA) is 52.6 Å². The number of aromatic nitrogens is 1. The summed E-state index contributed by atoms with van der Waals surface area (Å²) in [5, 5.41) is 5.22. The number of hydrogen-bond acceptors (Lipinski definition) is 5. The quantitative estimate of drug-likeness (QED) is 0.525. The van der Waals surface area contributed by atoms with E-state index in [1.807, 2.05) is 48.5 Å². The normalized spacial score (nSPS) is 15.1. The number of fused-ring (bicyclic) bond motifs is 1. The van der Waals surface area contributed by atoms with E-state index in [4.69, 9.17) is 30.8 Å². The highest BCUT2D eigenvalue weighted by molar-refractivity contribution is 6.31. The molecule has 0 aliphatic carbocycles. The Labute approximate surface area is 175 Å². The molecule has 1 saturated heterocycles. The van der Waals surface area contributed by atoms with Gasteiger partial charge in [0.25, 0.3) is 0 Å². The SMILES string of the molecule is CC1(CNCc2cc3ccc(Cl)cc3nc2OCCOc2ccccc2)COC1. The maximum absolute atomic E-state index is 6.14. The van der Waals surface area contributed by atoms with Crippen LogP contribution in [0.4, 0.5) is 0 Å². The zero-order valence-corrected chi connectivity index (χ0v) is 17.2. The molecule has 1 aliphatic rings. The molecule has 29 heavy (non-hydrogen) atoms. The van der Waals surface area contributed by atoms with Crippen molar-refractivity contribution in [3.8, 4) is 11.6 Å². The Bertz CT molecular complexity index is 961. The van der Waals surface area contributed by atoms with E-state index in [-0.39, 0.29) is 5.41 Å². The van der Waals surface area contributed by atoms with Gasteiger partial charge in [0.1, 0.15) is 19.0 Å². The first-order valence-corrected chi connectivity index (χ1v) is 10.2. The number of nitrogens with zero attached hydrogens (tertiary/aromatic N) is 1. The van der Waals surface area contributed by atoms with E-state index in [1.54, 1.807) is 0 Å². The van der Waals surface area contributed by atoms with Crippen molar-refractivity contribution < 1.29 is 14.2 Å². The smallest absolute Gasteiger partial charge is 0.218 e. The molecule has 1 N–H and O–H groups in total. The Morgan fingerprint density at radius 2 is 1.86 bits per heavy atom. The van der Waals surface area contributed by atoms with Crippen molar-refractivity contribution in [1.82, 2.24) is 10.3 Å². The summed E-state index contributed by atoms with van der Waals surface area (Å²) in [5.41, 5.74) is 2.05. The van der Waals surface area contributed by atoms with E-state index < -0.39 is 0 Å². The van der Waals surface area contributed by atoms with Crippen LogP contribution in [0.3, 0.4) is 0 Å². The predicted octanol–water partition coefficient (Wildman–Crippen LogP) is 4.47. The Balaban J connectivity index is 1.43. The number of hydrogen-bond donors (Lipinski definition) is 1. The van der Waals surface area contributed by atoms with Gasteiger partial charge in [0.05, 0.1) is 18.7 Å². The molecule has 1 fully saturated rings. The van der Waals surface area contributed by atoms with Gasteiger partial charge in [-0.15, -0.1) is 0 Å². The lowest BCUT2D eigenvalue weighted by Gasteiger charge is -2.38. The second-order valence-corrected chi connectivity index (χ2v) is 8.14. The minimum atomic E-state index is 0.211. The Morgan fingerprint density at radius 3 is 2.62 bits per heavy atom. The van der Waals surface area contributed by atoms with Gasteiger partial charge in [0.15, 0.2) is 0 Å². The third-order valence-corrected chi connectivity index (χ3v) is 5.16. The van der Waals surface area contributed by atoms with Crippen LogP contribution in [0, 0.1) is 5.41 Å². The Kier molecular flexibility index (Phi) is 6.19. The van der Waals surface area contributed by atoms with Gasteiger partial charge in [0, 0.05) is 34.5 Å². The van der Waals surface area contributed by atoms with Crippen LogP contribution in [-0.2, 0) is 11.3 Å². The highest BCUT2D eigenvalue weighted by atomic mass is 35.5. The summed E-state index contributed by atoms with van der Waals surface area (Å²) in [5.74, 6) is 1.44. The van der Waals surface area contributed by atoms with E-state index in [0.717, 1.165) is 42.0 Å². The van der Waals surface area contributed by atoms with Crippen molar-refractivity contribution in [2.24, 2.45) is 5.41 Å². The number of nitrogens with one attached hydrogen (secondary N) is 1. The van der Waals surface area contributed by atoms with Crippen LogP contribution in [0.25, 0.3) is 10.9 Å². The van der Waals surface area contributed by atoms with Crippen molar-refractivity contribution in [2.75, 3.05) is 33.0 Å². The molecule has 0 amide bonds. The van der Waals surface area contributed by atoms with E-state index in [9.17, 15) is 0 Å². The number of halogens is 1. The summed E-state index contributed by atoms with van der Waals surface area (Å²) in [4.78, 5) is 4.70. The molecule has 0 saturated carbocycles. The van der Waals surface area contributed by atoms with Gasteiger partial charge in [-0.05, 0) is 30.3 Å². The van der Waals surface area contributed by atoms with Gasteiger partial charge in [-0.3, -0.25) is 0 Å². The van der Waals surface area contributed by atoms with Gasteiger partial charge in [0.2, 0.25) is 5.88 Å². The van der Waals surface area contributed by atoms with Crippen LogP contribution >= 0.6 is 11.6 Å². The van der Waals surface area contributed by atoms with Crippen LogP contribution < -0.4 is 14.8 Å². The first kappa shape index (κ1) is 20.0. The lowest BCUT2D eigenvalue weighted by molar-refractivity contribution is -0.0991. The summed E-state index contributed by atoms with van der Waals surface area (Å²) in [6.07, 6.45) is 0. The maximum Gasteiger partial charge on any atom is 0.218 e. The Hall–Kier alpha value is -2.34. The zero-order valence-electron chi connectivity index (χ0n) is 16.5. The molecule has 0 atom stereocenters. The zero-order chi connectivity index (χ0) is 20.1. The van der Waals surface area contributed by atoms with E-state index >= 15 is 0 Å². The highest BCUT2D eigenvalue weighted by Gasteiger charge is 2.32. The molecule has 0 bridgehead atoms. The van der Waals surface area contributed by atoms with Gasteiger partial charge in [-0.25, -0.2) is 4.98 Å². The van der Waals surface area contributed by atoms with Gasteiger partial charge >= 0.3 is 0 Å². The largest absolute Gasteiger partial charge is 0.490 e. The molecule has 2 aromatic carbocycles. The molecule has 0 radical (unpaired) electrons. The summed E-state index contributed by atoms with van der Waals surface area (Å²) < 4.78 is 17.0. The summed E-state index contributed by atoms with van der Waals surface area (Å²) >= 11 is 6.14. The minimum absolute atomic E-state index is 0.211. The van der Waals surface area contributed by atoms with Crippen molar-refractivity contribution in [1.29, 1.82) is 0 Å². The number of ether oxygens (including phenoxy) is 3. The molecular formula is C23H25ClN2O3. The predicted molar refractivity (Wildman–Crippen MR) is 115 cm³/mol. The average Bonchev–Trinajstić information content (AvgIpc) is 2.71. The summed E-state index contributed by atoms with van der Waals surface area (Å²) in [7, 11) is 0. The number of para-hydroxylation sites is 1. The number of pyridine rings is 1. The number of rotatable bonds is 9. The molecule has 152 valence electrons. The first-order valence-electron chi connectivity index (χ1n) is 9.80. The molecule has 0 spiro atoms. The van der Waals surface area contributed by atoms with Crippen molar-refractivity contribution in [2.45, 2.75) is 13.5 Å². The molecule has 1 aliphatic heterocycles. The second kappa shape index (κ2) is 8.99. The van der Waals surface area contributed by atoms with E-state index in [1.165, 1.54) is 0 Å². The molecule has 1 aromatic heterocycles. The molecule has 3 aromatic rings. The van der Waals surface area contributed by atoms with E-state index in [0.29, 0.717) is 30.7 Å². The Morgan fingerprint density at radius 1 is 1.07 bits per heavy atom. The molecule has 4 rings (SSSR count). The lowest BCUT2D eigenvalue weighted by atomic mass is 9.89. The fraction of sp³-hybridized carbons (Fsp3) is 0.348. The lowest BCUT2D eigenvalue weighted by Crippen LogP contribution is -2.47. The van der Waals surface area contributed by atoms with Crippen LogP contribution in [-0.4, -0.2) is 38.0 Å². The summed E-state index contributed by atoms with van der Waals surface area (Å²) in [6, 6.07) is 17.5. The highest BCUT2D eigenvalue weighted by Crippen LogP contribution is 2.27. The maximum atomic E-state index is 6.14.